The molecule has 1 aromatic rings. The molecule has 0 spiro atoms. The summed E-state index contributed by atoms with van der Waals surface area (Å²) in [7, 11) is -4.15. The smallest absolute Gasteiger partial charge is 0.316 e. The number of sulfonamides is 1. The number of urea groups is 1. The van der Waals surface area contributed by atoms with Crippen LogP contribution in [0.1, 0.15) is 80.6 Å². The number of benzene rings is 1. The number of nitrogens with one attached hydrogen (secondary N) is 4. The van der Waals surface area contributed by atoms with E-state index in [9.17, 15) is 32.4 Å². The van der Waals surface area contributed by atoms with E-state index in [-0.39, 0.29) is 53.7 Å². The summed E-state index contributed by atoms with van der Waals surface area (Å²) in [5.41, 5.74) is -2.15. The van der Waals surface area contributed by atoms with E-state index in [4.69, 9.17) is 0 Å². The maximum atomic E-state index is 14.2. The molecule has 5 amide bonds. The molecule has 0 bridgehead atoms. The second-order valence-electron chi connectivity index (χ2n) is 14.8. The Morgan fingerprint density at radius 3 is 2.02 bits per heavy atom. The molecule has 0 radical (unpaired) electrons. The van der Waals surface area contributed by atoms with E-state index >= 15 is 0 Å². The van der Waals surface area contributed by atoms with Crippen LogP contribution in [-0.4, -0.2) is 73.1 Å². The number of amides is 5. The van der Waals surface area contributed by atoms with E-state index in [1.54, 1.807) is 18.2 Å². The van der Waals surface area contributed by atoms with Gasteiger partial charge in [-0.25, -0.2) is 17.9 Å². The lowest BCUT2D eigenvalue weighted by molar-refractivity contribution is -0.143. The SMILES string of the molecule is CC(C)C(NC(=O)N[C@H](C(=O)N1CCC(C(C)C)C1C(=O)NC1(C(=O)NS(=O)(=O)c2ccccc2)CC1)C(C)(C)C)C(=O)C1CC1. The fourth-order valence-corrected chi connectivity index (χ4v) is 7.21. The third-order valence-corrected chi connectivity index (χ3v) is 10.7. The number of carbonyl (C=O) groups is 5. The summed E-state index contributed by atoms with van der Waals surface area (Å²) in [5.74, 6) is -2.20. The lowest BCUT2D eigenvalue weighted by Crippen LogP contribution is -2.62. The van der Waals surface area contributed by atoms with Crippen LogP contribution in [0.2, 0.25) is 0 Å². The molecule has 1 aromatic carbocycles. The summed E-state index contributed by atoms with van der Waals surface area (Å²) in [6.45, 7) is 13.3. The maximum absolute atomic E-state index is 14.2. The Bertz CT molecular complexity index is 1450. The molecule has 4 atom stereocenters. The number of ketones is 1. The van der Waals surface area contributed by atoms with E-state index in [1.807, 2.05) is 48.5 Å². The van der Waals surface area contributed by atoms with Crippen molar-refractivity contribution in [3.63, 3.8) is 0 Å². The van der Waals surface area contributed by atoms with Crippen LogP contribution in [0.3, 0.4) is 0 Å². The van der Waals surface area contributed by atoms with Gasteiger partial charge in [-0.3, -0.25) is 19.2 Å². The van der Waals surface area contributed by atoms with Crippen molar-refractivity contribution in [1.82, 2.24) is 25.6 Å². The molecular weight excluding hydrogens is 610 g/mol. The van der Waals surface area contributed by atoms with Gasteiger partial charge < -0.3 is 20.9 Å². The summed E-state index contributed by atoms with van der Waals surface area (Å²) in [4.78, 5) is 68.9. The second kappa shape index (κ2) is 13.3. The molecule has 12 nitrogen and oxygen atoms in total. The predicted octanol–water partition coefficient (Wildman–Crippen LogP) is 2.73. The largest absolute Gasteiger partial charge is 0.340 e. The highest BCUT2D eigenvalue weighted by molar-refractivity contribution is 7.90. The Morgan fingerprint density at radius 2 is 1.52 bits per heavy atom. The van der Waals surface area contributed by atoms with Crippen molar-refractivity contribution < 1.29 is 32.4 Å². The van der Waals surface area contributed by atoms with Crippen molar-refractivity contribution >= 4 is 39.6 Å². The fourth-order valence-electron chi connectivity index (χ4n) is 6.14. The van der Waals surface area contributed by atoms with E-state index in [0.717, 1.165) is 12.8 Å². The zero-order valence-electron chi connectivity index (χ0n) is 27.9. The second-order valence-corrected chi connectivity index (χ2v) is 16.5. The normalized spacial score (nSPS) is 22.2. The molecule has 1 heterocycles. The lowest BCUT2D eigenvalue weighted by atomic mass is 9.84. The summed E-state index contributed by atoms with van der Waals surface area (Å²) >= 11 is 0. The Balaban J connectivity index is 1.51. The van der Waals surface area contributed by atoms with Crippen LogP contribution < -0.4 is 20.7 Å². The van der Waals surface area contributed by atoms with Gasteiger partial charge in [0.05, 0.1) is 10.9 Å². The molecule has 1 aliphatic heterocycles. The first-order valence-corrected chi connectivity index (χ1v) is 17.7. The van der Waals surface area contributed by atoms with Gasteiger partial charge in [-0.05, 0) is 67.4 Å². The van der Waals surface area contributed by atoms with Gasteiger partial charge >= 0.3 is 6.03 Å². The van der Waals surface area contributed by atoms with Crippen molar-refractivity contribution in [2.45, 2.75) is 109 Å². The molecule has 254 valence electrons. The van der Waals surface area contributed by atoms with Crippen LogP contribution in [0.15, 0.2) is 35.2 Å². The Hall–Kier alpha value is -3.48. The molecule has 4 rings (SSSR count). The topological polar surface area (TPSA) is 171 Å². The van der Waals surface area contributed by atoms with Gasteiger partial charge in [-0.1, -0.05) is 66.7 Å². The summed E-state index contributed by atoms with van der Waals surface area (Å²) < 4.78 is 27.7. The monoisotopic (exact) mass is 659 g/mol. The van der Waals surface area contributed by atoms with Crippen LogP contribution in [-0.2, 0) is 29.2 Å². The number of nitrogens with zero attached hydrogens (tertiary/aromatic N) is 1. The lowest BCUT2D eigenvalue weighted by Gasteiger charge is -2.37. The molecule has 0 aromatic heterocycles. The molecule has 13 heteroatoms. The fraction of sp³-hybridized carbons (Fsp3) is 0.667. The highest BCUT2D eigenvalue weighted by atomic mass is 32.2. The minimum absolute atomic E-state index is 0.00514. The van der Waals surface area contributed by atoms with Crippen LogP contribution in [0.4, 0.5) is 4.79 Å². The molecule has 3 fully saturated rings. The van der Waals surface area contributed by atoms with Crippen molar-refractivity contribution in [3.05, 3.63) is 30.3 Å². The molecule has 3 unspecified atom stereocenters. The number of Topliss-reactive ketones (excluding diaryl/α,β-unsaturated/α-hetero) is 1. The minimum atomic E-state index is -4.15. The zero-order chi connectivity index (χ0) is 34.2. The first-order chi connectivity index (χ1) is 21.4. The quantitative estimate of drug-likeness (QED) is 0.267. The van der Waals surface area contributed by atoms with E-state index in [0.29, 0.717) is 6.42 Å². The van der Waals surface area contributed by atoms with Crippen LogP contribution >= 0.6 is 0 Å². The van der Waals surface area contributed by atoms with E-state index in [1.165, 1.54) is 17.0 Å². The number of hydrogen-bond donors (Lipinski definition) is 4. The molecular formula is C33H49N5O7S. The van der Waals surface area contributed by atoms with Gasteiger partial charge in [0, 0.05) is 12.5 Å². The molecule has 1 saturated heterocycles. The summed E-state index contributed by atoms with van der Waals surface area (Å²) in [5, 5.41) is 8.38. The molecule has 3 aliphatic rings. The molecule has 2 aliphatic carbocycles. The average molecular weight is 660 g/mol. The highest BCUT2D eigenvalue weighted by Crippen LogP contribution is 2.39. The van der Waals surface area contributed by atoms with Crippen LogP contribution in [0.25, 0.3) is 0 Å². The van der Waals surface area contributed by atoms with Crippen LogP contribution in [0, 0.1) is 29.1 Å². The third-order valence-electron chi connectivity index (χ3n) is 9.31. The minimum Gasteiger partial charge on any atom is -0.340 e. The standard InChI is InChI=1S/C33H49N5O7S/c1-19(2)23-15-18-38(29(41)27(32(5,6)7)35-31(43)34-24(20(3)4)26(39)21-13-14-21)25(23)28(40)36-33(16-17-33)30(42)37-46(44,45)22-11-9-8-10-12-22/h8-12,19-21,23-25,27H,13-18H2,1-7H3,(H,36,40)(H,37,42)(H2,34,35,43)/t23?,24?,25?,27-/m1/s1. The van der Waals surface area contributed by atoms with Crippen molar-refractivity contribution in [3.8, 4) is 0 Å². The first kappa shape index (κ1) is 35.4. The summed E-state index contributed by atoms with van der Waals surface area (Å²) in [6.07, 6.45) is 2.68. The molecule has 46 heavy (non-hydrogen) atoms. The third kappa shape index (κ3) is 7.90. The maximum Gasteiger partial charge on any atom is 0.316 e. The average Bonchev–Trinajstić information content (AvgIpc) is 3.91. The zero-order valence-corrected chi connectivity index (χ0v) is 28.7. The Labute approximate surface area is 272 Å². The molecule has 2 saturated carbocycles. The van der Waals surface area contributed by atoms with Gasteiger partial charge in [-0.2, -0.15) is 0 Å². The predicted molar refractivity (Wildman–Crippen MR) is 172 cm³/mol. The van der Waals surface area contributed by atoms with E-state index in [2.05, 4.69) is 20.7 Å². The van der Waals surface area contributed by atoms with Crippen molar-refractivity contribution in [2.75, 3.05) is 6.54 Å². The van der Waals surface area contributed by atoms with Gasteiger partial charge in [0.15, 0.2) is 5.78 Å². The Morgan fingerprint density at radius 1 is 0.913 bits per heavy atom. The summed E-state index contributed by atoms with van der Waals surface area (Å²) in [6, 6.07) is 4.24. The van der Waals surface area contributed by atoms with Crippen LogP contribution in [0.5, 0.6) is 0 Å². The number of likely N-dealkylation sites (tertiary alicyclic amines) is 1. The van der Waals surface area contributed by atoms with Gasteiger partial charge in [0.25, 0.3) is 15.9 Å². The number of rotatable bonds is 12. The van der Waals surface area contributed by atoms with Gasteiger partial charge in [0.2, 0.25) is 11.8 Å². The first-order valence-electron chi connectivity index (χ1n) is 16.2. The number of hydrogen-bond acceptors (Lipinski definition) is 7. The van der Waals surface area contributed by atoms with E-state index < -0.39 is 62.9 Å². The van der Waals surface area contributed by atoms with Gasteiger partial charge in [-0.15, -0.1) is 0 Å². The van der Waals surface area contributed by atoms with Crippen molar-refractivity contribution in [2.24, 2.45) is 29.1 Å². The van der Waals surface area contributed by atoms with Gasteiger partial charge in [0.1, 0.15) is 17.6 Å². The number of carbonyl (C=O) groups excluding carboxylic acids is 5. The Kier molecular flexibility index (Phi) is 10.2. The highest BCUT2D eigenvalue weighted by Gasteiger charge is 2.55. The molecule has 4 N–H and O–H groups in total. The van der Waals surface area contributed by atoms with Crippen molar-refractivity contribution in [1.29, 1.82) is 0 Å².